The van der Waals surface area contributed by atoms with Gasteiger partial charge in [0.1, 0.15) is 0 Å². The molecular weight excluding hydrogens is 184 g/mol. The van der Waals surface area contributed by atoms with Crippen molar-refractivity contribution in [1.29, 1.82) is 0 Å². The lowest BCUT2D eigenvalue weighted by Crippen LogP contribution is -2.17. The molecule has 80 valence electrons. The monoisotopic (exact) mass is 206 g/mol. The van der Waals surface area contributed by atoms with E-state index in [-0.39, 0.29) is 10.9 Å². The van der Waals surface area contributed by atoms with E-state index in [1.807, 2.05) is 11.8 Å². The summed E-state index contributed by atoms with van der Waals surface area (Å²) in [6.45, 7) is 7.25. The number of hydrogen-bond donors (Lipinski definition) is 1. The molecule has 0 saturated heterocycles. The van der Waals surface area contributed by atoms with Gasteiger partial charge in [-0.05, 0) is 12.8 Å². The molecule has 0 bridgehead atoms. The molecule has 0 heterocycles. The lowest BCUT2D eigenvalue weighted by molar-refractivity contribution is 0.149. The molecule has 1 unspecified atom stereocenters. The zero-order chi connectivity index (χ0) is 10.3. The third kappa shape index (κ3) is 10.2. The van der Waals surface area contributed by atoms with E-state index in [4.69, 9.17) is 4.74 Å². The highest BCUT2D eigenvalue weighted by molar-refractivity contribution is 8.00. The summed E-state index contributed by atoms with van der Waals surface area (Å²) in [5.74, 6) is 0.827. The van der Waals surface area contributed by atoms with Crippen LogP contribution in [-0.2, 0) is 4.74 Å². The van der Waals surface area contributed by atoms with Crippen LogP contribution in [0, 0.1) is 0 Å². The lowest BCUT2D eigenvalue weighted by Gasteiger charge is -2.19. The first-order chi connectivity index (χ1) is 5.95. The highest BCUT2D eigenvalue weighted by atomic mass is 32.2. The summed E-state index contributed by atoms with van der Waals surface area (Å²) in [5.41, 5.74) is 0. The van der Waals surface area contributed by atoms with E-state index in [9.17, 15) is 5.11 Å². The van der Waals surface area contributed by atoms with E-state index >= 15 is 0 Å². The van der Waals surface area contributed by atoms with E-state index < -0.39 is 0 Å². The van der Waals surface area contributed by atoms with Crippen molar-refractivity contribution < 1.29 is 9.84 Å². The smallest absolute Gasteiger partial charge is 0.0631 e. The Morgan fingerprint density at radius 1 is 1.38 bits per heavy atom. The molecule has 0 rings (SSSR count). The van der Waals surface area contributed by atoms with Gasteiger partial charge in [-0.25, -0.2) is 0 Å². The van der Waals surface area contributed by atoms with Crippen LogP contribution >= 0.6 is 11.8 Å². The summed E-state index contributed by atoms with van der Waals surface area (Å²) in [5, 5.41) is 9.56. The van der Waals surface area contributed by atoms with Crippen LogP contribution in [0.25, 0.3) is 0 Å². The zero-order valence-corrected chi connectivity index (χ0v) is 9.99. The first kappa shape index (κ1) is 13.3. The summed E-state index contributed by atoms with van der Waals surface area (Å²) in [6.07, 6.45) is 1.61. The number of rotatable bonds is 6. The summed E-state index contributed by atoms with van der Waals surface area (Å²) < 4.78 is 5.17. The van der Waals surface area contributed by atoms with Gasteiger partial charge in [-0.1, -0.05) is 20.8 Å². The Bertz CT molecular complexity index is 121. The molecule has 0 radical (unpaired) electrons. The molecule has 0 spiro atoms. The predicted molar refractivity (Wildman–Crippen MR) is 59.3 cm³/mol. The summed E-state index contributed by atoms with van der Waals surface area (Å²) in [6, 6.07) is 0. The van der Waals surface area contributed by atoms with Crippen LogP contribution in [0.2, 0.25) is 0 Å². The molecule has 0 aromatic carbocycles. The Morgan fingerprint density at radius 2 is 2.00 bits per heavy atom. The number of aliphatic hydroxyl groups excluding tert-OH is 1. The topological polar surface area (TPSA) is 29.5 Å². The minimum absolute atomic E-state index is 0.181. The second-order valence-electron chi connectivity index (χ2n) is 4.21. The predicted octanol–water partition coefficient (Wildman–Crippen LogP) is 2.31. The third-order valence-electron chi connectivity index (χ3n) is 1.59. The molecule has 1 N–H and O–H groups in total. The van der Waals surface area contributed by atoms with Crippen LogP contribution in [-0.4, -0.2) is 35.4 Å². The highest BCUT2D eigenvalue weighted by Crippen LogP contribution is 2.24. The van der Waals surface area contributed by atoms with Crippen molar-refractivity contribution in [3.05, 3.63) is 0 Å². The van der Waals surface area contributed by atoms with Crippen molar-refractivity contribution in [2.75, 3.05) is 19.5 Å². The molecule has 0 amide bonds. The molecule has 2 nitrogen and oxygen atoms in total. The maximum Gasteiger partial charge on any atom is 0.0631 e. The van der Waals surface area contributed by atoms with Crippen LogP contribution in [0.3, 0.4) is 0 Å². The van der Waals surface area contributed by atoms with Crippen molar-refractivity contribution >= 4 is 11.8 Å². The van der Waals surface area contributed by atoms with E-state index in [2.05, 4.69) is 20.8 Å². The fourth-order valence-electron chi connectivity index (χ4n) is 0.893. The molecule has 0 aliphatic carbocycles. The maximum atomic E-state index is 9.56. The third-order valence-corrected chi connectivity index (χ3v) is 3.01. The largest absolute Gasteiger partial charge is 0.392 e. The van der Waals surface area contributed by atoms with Crippen LogP contribution in [0.5, 0.6) is 0 Å². The van der Waals surface area contributed by atoms with Gasteiger partial charge in [0.05, 0.1) is 6.10 Å². The van der Waals surface area contributed by atoms with Crippen molar-refractivity contribution in [3.8, 4) is 0 Å². The zero-order valence-electron chi connectivity index (χ0n) is 9.17. The van der Waals surface area contributed by atoms with Crippen LogP contribution in [0.1, 0.15) is 33.6 Å². The van der Waals surface area contributed by atoms with E-state index in [0.717, 1.165) is 25.2 Å². The van der Waals surface area contributed by atoms with E-state index in [1.165, 1.54) is 0 Å². The molecule has 1 atom stereocenters. The highest BCUT2D eigenvalue weighted by Gasteiger charge is 2.13. The van der Waals surface area contributed by atoms with Crippen LogP contribution < -0.4 is 0 Å². The summed E-state index contributed by atoms with van der Waals surface area (Å²) >= 11 is 1.81. The van der Waals surface area contributed by atoms with E-state index in [1.54, 1.807) is 7.11 Å². The first-order valence-corrected chi connectivity index (χ1v) is 5.75. The quantitative estimate of drug-likeness (QED) is 0.676. The fraction of sp³-hybridized carbons (Fsp3) is 1.00. The second-order valence-corrected chi connectivity index (χ2v) is 6.06. The van der Waals surface area contributed by atoms with Gasteiger partial charge in [-0.15, -0.1) is 0 Å². The molecule has 0 aliphatic heterocycles. The number of ether oxygens (including phenoxy) is 1. The standard InChI is InChI=1S/C10H22O2S/c1-10(2,3)13-8-9(11)6-5-7-12-4/h9,11H,5-8H2,1-4H3. The summed E-state index contributed by atoms with van der Waals surface area (Å²) in [4.78, 5) is 0. The Kier molecular flexibility index (Phi) is 6.82. The van der Waals surface area contributed by atoms with Gasteiger partial charge < -0.3 is 9.84 Å². The molecule has 0 aromatic rings. The molecule has 0 saturated carbocycles. The van der Waals surface area contributed by atoms with Gasteiger partial charge >= 0.3 is 0 Å². The normalized spacial score (nSPS) is 14.5. The average molecular weight is 206 g/mol. The average Bonchev–Trinajstić information content (AvgIpc) is 2.00. The van der Waals surface area contributed by atoms with Crippen molar-refractivity contribution in [2.24, 2.45) is 0 Å². The minimum Gasteiger partial charge on any atom is -0.392 e. The van der Waals surface area contributed by atoms with Gasteiger partial charge in [0.2, 0.25) is 0 Å². The van der Waals surface area contributed by atoms with E-state index in [0.29, 0.717) is 0 Å². The summed E-state index contributed by atoms with van der Waals surface area (Å²) in [7, 11) is 1.69. The SMILES string of the molecule is COCCCC(O)CSC(C)(C)C. The number of hydrogen-bond acceptors (Lipinski definition) is 3. The molecule has 0 fully saturated rings. The lowest BCUT2D eigenvalue weighted by atomic mass is 10.2. The van der Waals surface area contributed by atoms with Crippen molar-refractivity contribution in [2.45, 2.75) is 44.5 Å². The van der Waals surface area contributed by atoms with Crippen molar-refractivity contribution in [1.82, 2.24) is 0 Å². The Labute approximate surface area is 86.1 Å². The molecule has 0 aromatic heterocycles. The molecular formula is C10H22O2S. The van der Waals surface area contributed by atoms with Crippen LogP contribution in [0.4, 0.5) is 0 Å². The van der Waals surface area contributed by atoms with Gasteiger partial charge in [0.15, 0.2) is 0 Å². The molecule has 0 aliphatic rings. The Morgan fingerprint density at radius 3 is 2.46 bits per heavy atom. The minimum atomic E-state index is -0.181. The number of methoxy groups -OCH3 is 1. The second kappa shape index (κ2) is 6.68. The maximum absolute atomic E-state index is 9.56. The van der Waals surface area contributed by atoms with Gasteiger partial charge in [0.25, 0.3) is 0 Å². The number of aliphatic hydroxyl groups is 1. The van der Waals surface area contributed by atoms with Gasteiger partial charge in [-0.3, -0.25) is 0 Å². The molecule has 3 heteroatoms. The van der Waals surface area contributed by atoms with Gasteiger partial charge in [-0.2, -0.15) is 11.8 Å². The van der Waals surface area contributed by atoms with Crippen molar-refractivity contribution in [3.63, 3.8) is 0 Å². The van der Waals surface area contributed by atoms with Gasteiger partial charge in [0, 0.05) is 24.2 Å². The van der Waals surface area contributed by atoms with Crippen LogP contribution in [0.15, 0.2) is 0 Å². The Hall–Kier alpha value is 0.270. The Balaban J connectivity index is 3.35. The number of thioether (sulfide) groups is 1. The first-order valence-electron chi connectivity index (χ1n) is 4.76. The molecule has 13 heavy (non-hydrogen) atoms. The fourth-order valence-corrected chi connectivity index (χ4v) is 1.75.